The van der Waals surface area contributed by atoms with E-state index in [4.69, 9.17) is 0 Å². The first-order chi connectivity index (χ1) is 15.1. The molecule has 2 heterocycles. The molecule has 0 bridgehead atoms. The fourth-order valence-electron chi connectivity index (χ4n) is 6.22. The Balaban J connectivity index is 1.08. The van der Waals surface area contributed by atoms with Crippen LogP contribution in [0.15, 0.2) is 41.3 Å². The van der Waals surface area contributed by atoms with Gasteiger partial charge in [0.1, 0.15) is 0 Å². The fraction of sp³-hybridized carbons (Fsp3) is 0.615. The predicted octanol–water partition coefficient (Wildman–Crippen LogP) is 5.81. The van der Waals surface area contributed by atoms with Gasteiger partial charge in [0.25, 0.3) is 10.0 Å². The normalized spacial score (nSPS) is 22.4. The number of hydrogen-bond acceptors (Lipinski definition) is 3. The molecule has 2 aromatic rings. The Labute approximate surface area is 187 Å². The van der Waals surface area contributed by atoms with Crippen molar-refractivity contribution in [1.82, 2.24) is 4.90 Å². The van der Waals surface area contributed by atoms with Crippen molar-refractivity contribution in [3.8, 4) is 0 Å². The fourth-order valence-corrected chi connectivity index (χ4v) is 7.97. The average molecular weight is 441 g/mol. The summed E-state index contributed by atoms with van der Waals surface area (Å²) in [6.07, 6.45) is 13.3. The Bertz CT molecular complexity index is 1000. The smallest absolute Gasteiger partial charge is 0.265 e. The van der Waals surface area contributed by atoms with Crippen LogP contribution in [-0.4, -0.2) is 39.5 Å². The molecule has 5 rings (SSSR count). The van der Waals surface area contributed by atoms with E-state index in [2.05, 4.69) is 4.90 Å². The molecule has 0 radical (unpaired) electrons. The Kier molecular flexibility index (Phi) is 6.25. The third kappa shape index (κ3) is 4.23. The van der Waals surface area contributed by atoms with Gasteiger partial charge in [-0.3, -0.25) is 4.31 Å². The van der Waals surface area contributed by atoms with Crippen molar-refractivity contribution in [3.63, 3.8) is 0 Å². The van der Waals surface area contributed by atoms with Crippen molar-refractivity contribution in [3.05, 3.63) is 36.4 Å². The summed E-state index contributed by atoms with van der Waals surface area (Å²) in [7, 11) is -3.40. The second kappa shape index (κ2) is 9.11. The number of benzene rings is 2. The summed E-state index contributed by atoms with van der Waals surface area (Å²) in [6, 6.07) is 11.5. The zero-order chi connectivity index (χ0) is 21.3. The van der Waals surface area contributed by atoms with Crippen LogP contribution in [0.25, 0.3) is 10.8 Å². The molecule has 1 saturated carbocycles. The van der Waals surface area contributed by atoms with E-state index in [1.54, 1.807) is 10.4 Å². The van der Waals surface area contributed by atoms with Gasteiger partial charge in [-0.2, -0.15) is 0 Å². The number of piperidine rings is 1. The second-order valence-electron chi connectivity index (χ2n) is 9.85. The number of anilines is 1. The quantitative estimate of drug-likeness (QED) is 0.510. The molecule has 4 nitrogen and oxygen atoms in total. The largest absolute Gasteiger partial charge is 0.303 e. The highest BCUT2D eigenvalue weighted by atomic mass is 32.2. The van der Waals surface area contributed by atoms with Crippen molar-refractivity contribution < 1.29 is 8.42 Å². The van der Waals surface area contributed by atoms with Gasteiger partial charge in [0.15, 0.2) is 0 Å². The van der Waals surface area contributed by atoms with Crippen LogP contribution in [0.2, 0.25) is 0 Å². The molecule has 0 atom stereocenters. The zero-order valence-corrected chi connectivity index (χ0v) is 19.5. The lowest BCUT2D eigenvalue weighted by atomic mass is 9.76. The van der Waals surface area contributed by atoms with E-state index in [1.165, 1.54) is 71.0 Å². The molecule has 1 aliphatic carbocycles. The van der Waals surface area contributed by atoms with Crippen molar-refractivity contribution in [2.24, 2.45) is 11.8 Å². The lowest BCUT2D eigenvalue weighted by Crippen LogP contribution is -2.37. The number of likely N-dealkylation sites (tertiary alicyclic amines) is 1. The molecule has 0 amide bonds. The van der Waals surface area contributed by atoms with E-state index in [9.17, 15) is 8.42 Å². The summed E-state index contributed by atoms with van der Waals surface area (Å²) >= 11 is 0. The van der Waals surface area contributed by atoms with Crippen LogP contribution < -0.4 is 4.31 Å². The maximum atomic E-state index is 13.1. The van der Waals surface area contributed by atoms with E-state index >= 15 is 0 Å². The van der Waals surface area contributed by atoms with Crippen molar-refractivity contribution in [2.75, 3.05) is 30.5 Å². The molecule has 2 fully saturated rings. The summed E-state index contributed by atoms with van der Waals surface area (Å²) in [5.41, 5.74) is 0.859. The highest BCUT2D eigenvalue weighted by Crippen LogP contribution is 2.42. The molecule has 168 valence electrons. The van der Waals surface area contributed by atoms with Gasteiger partial charge in [-0.25, -0.2) is 8.42 Å². The van der Waals surface area contributed by atoms with E-state index < -0.39 is 10.0 Å². The molecule has 1 saturated heterocycles. The molecular weight excluding hydrogens is 404 g/mol. The maximum Gasteiger partial charge on any atom is 0.265 e. The lowest BCUT2D eigenvalue weighted by molar-refractivity contribution is 0.125. The number of unbranched alkanes of at least 4 members (excludes halogenated alkanes) is 2. The summed E-state index contributed by atoms with van der Waals surface area (Å²) in [6.45, 7) is 4.28. The van der Waals surface area contributed by atoms with Crippen LogP contribution >= 0.6 is 0 Å². The molecule has 0 spiro atoms. The summed E-state index contributed by atoms with van der Waals surface area (Å²) in [4.78, 5) is 3.11. The van der Waals surface area contributed by atoms with Crippen LogP contribution in [0.1, 0.15) is 64.2 Å². The second-order valence-corrected chi connectivity index (χ2v) is 11.7. The van der Waals surface area contributed by atoms with Crippen molar-refractivity contribution in [1.29, 1.82) is 0 Å². The number of nitrogens with zero attached hydrogens (tertiary/aromatic N) is 2. The molecule has 3 aliphatic rings. The number of hydrogen-bond donors (Lipinski definition) is 0. The first-order valence-electron chi connectivity index (χ1n) is 12.4. The topological polar surface area (TPSA) is 40.6 Å². The molecule has 2 aromatic carbocycles. The molecule has 0 unspecified atom stereocenters. The molecule has 0 aromatic heterocycles. The lowest BCUT2D eigenvalue weighted by Gasteiger charge is -2.37. The van der Waals surface area contributed by atoms with Gasteiger partial charge in [0, 0.05) is 11.9 Å². The van der Waals surface area contributed by atoms with Gasteiger partial charge in [-0.15, -0.1) is 0 Å². The Morgan fingerprint density at radius 2 is 1.45 bits per heavy atom. The Morgan fingerprint density at radius 1 is 0.774 bits per heavy atom. The van der Waals surface area contributed by atoms with Gasteiger partial charge in [0.2, 0.25) is 0 Å². The van der Waals surface area contributed by atoms with Crippen molar-refractivity contribution >= 4 is 26.5 Å². The van der Waals surface area contributed by atoms with E-state index in [0.29, 0.717) is 11.4 Å². The van der Waals surface area contributed by atoms with Gasteiger partial charge in [0.05, 0.1) is 10.6 Å². The Hall–Kier alpha value is -1.59. The SMILES string of the molecule is O=S1(=O)c2cccc3cccc(c23)N1CCCCCN1CCC(C2CCCCC2)CC1. The van der Waals surface area contributed by atoms with Gasteiger partial charge < -0.3 is 4.90 Å². The molecule has 5 heteroatoms. The zero-order valence-electron chi connectivity index (χ0n) is 18.6. The summed E-state index contributed by atoms with van der Waals surface area (Å²) in [5, 5.41) is 1.91. The van der Waals surface area contributed by atoms with E-state index in [-0.39, 0.29) is 0 Å². The van der Waals surface area contributed by atoms with E-state index in [1.807, 2.05) is 30.3 Å². The predicted molar refractivity (Wildman–Crippen MR) is 128 cm³/mol. The highest BCUT2D eigenvalue weighted by molar-refractivity contribution is 7.93. The molecule has 31 heavy (non-hydrogen) atoms. The number of rotatable bonds is 7. The van der Waals surface area contributed by atoms with Crippen molar-refractivity contribution in [2.45, 2.75) is 69.1 Å². The first kappa shape index (κ1) is 21.3. The number of sulfonamides is 1. The van der Waals surface area contributed by atoms with Crippen LogP contribution in [0.5, 0.6) is 0 Å². The van der Waals surface area contributed by atoms with E-state index in [0.717, 1.165) is 41.1 Å². The summed E-state index contributed by atoms with van der Waals surface area (Å²) in [5.74, 6) is 1.98. The monoisotopic (exact) mass is 440 g/mol. The minimum absolute atomic E-state index is 0.474. The summed E-state index contributed by atoms with van der Waals surface area (Å²) < 4.78 is 27.7. The van der Waals surface area contributed by atoms with Crippen LogP contribution in [-0.2, 0) is 10.0 Å². The Morgan fingerprint density at radius 3 is 2.23 bits per heavy atom. The van der Waals surface area contributed by atoms with Crippen LogP contribution in [0.3, 0.4) is 0 Å². The average Bonchev–Trinajstić information content (AvgIpc) is 3.03. The molecule has 2 aliphatic heterocycles. The maximum absolute atomic E-state index is 13.1. The highest BCUT2D eigenvalue weighted by Gasteiger charge is 2.35. The van der Waals surface area contributed by atoms with Gasteiger partial charge >= 0.3 is 0 Å². The van der Waals surface area contributed by atoms with Crippen LogP contribution in [0, 0.1) is 11.8 Å². The molecule has 0 N–H and O–H groups in total. The van der Waals surface area contributed by atoms with Crippen LogP contribution in [0.4, 0.5) is 5.69 Å². The third-order valence-electron chi connectivity index (χ3n) is 7.97. The standard InChI is InChI=1S/C26H36N2O2S/c29-31(30)25-14-8-12-23-11-7-13-24(26(23)25)28(31)18-6-2-5-17-27-19-15-22(16-20-27)21-9-3-1-4-10-21/h7-8,11-14,21-22H,1-6,9-10,15-20H2. The third-order valence-corrected chi connectivity index (χ3v) is 9.82. The van der Waals surface area contributed by atoms with Gasteiger partial charge in [-0.05, 0) is 74.7 Å². The minimum Gasteiger partial charge on any atom is -0.303 e. The molecular formula is C26H36N2O2S. The minimum atomic E-state index is -3.40. The van der Waals surface area contributed by atoms with Gasteiger partial charge in [-0.1, -0.05) is 62.8 Å². The first-order valence-corrected chi connectivity index (χ1v) is 13.9.